The molecule has 6 nitrogen and oxygen atoms in total. The van der Waals surface area contributed by atoms with Crippen molar-refractivity contribution in [1.82, 2.24) is 5.32 Å². The monoisotopic (exact) mass is 452 g/mol. The van der Waals surface area contributed by atoms with Crippen molar-refractivity contribution in [3.8, 4) is 0 Å². The van der Waals surface area contributed by atoms with E-state index in [9.17, 15) is 22.8 Å². The molecule has 0 spiro atoms. The number of benzene rings is 1. The van der Waals surface area contributed by atoms with Gasteiger partial charge in [0, 0.05) is 12.1 Å². The fraction of sp³-hybridized carbons (Fsp3) is 0.429. The van der Waals surface area contributed by atoms with Crippen LogP contribution >= 0.6 is 11.8 Å². The highest BCUT2D eigenvalue weighted by atomic mass is 32.2. The third-order valence-electron chi connectivity index (χ3n) is 4.72. The lowest BCUT2D eigenvalue weighted by Gasteiger charge is -2.28. The van der Waals surface area contributed by atoms with Crippen LogP contribution in [0.3, 0.4) is 0 Å². The maximum atomic E-state index is 12.8. The van der Waals surface area contributed by atoms with Crippen LogP contribution in [-0.4, -0.2) is 27.9 Å². The lowest BCUT2D eigenvalue weighted by molar-refractivity contribution is -0.137. The SMILES string of the molecule is CC1=CC(=NN=C2NC(=O)[C@@H](CC(=O)Nc3cccc(C(F)(F)F)c3)S2)CC(C)(C)C1. The second-order valence-corrected chi connectivity index (χ2v) is 9.62. The lowest BCUT2D eigenvalue weighted by Crippen LogP contribution is -2.28. The summed E-state index contributed by atoms with van der Waals surface area (Å²) in [6, 6.07) is 4.34. The van der Waals surface area contributed by atoms with Gasteiger partial charge >= 0.3 is 6.18 Å². The maximum absolute atomic E-state index is 12.8. The number of carbonyl (C=O) groups excluding carboxylic acids is 2. The minimum Gasteiger partial charge on any atom is -0.326 e. The number of nitrogens with zero attached hydrogens (tertiary/aromatic N) is 2. The molecule has 0 unspecified atom stereocenters. The van der Waals surface area contributed by atoms with Crippen molar-refractivity contribution < 1.29 is 22.8 Å². The fourth-order valence-corrected chi connectivity index (χ4v) is 4.53. The van der Waals surface area contributed by atoms with Crippen LogP contribution in [0.25, 0.3) is 0 Å². The van der Waals surface area contributed by atoms with Crippen LogP contribution in [0.1, 0.15) is 45.6 Å². The number of hydrogen-bond donors (Lipinski definition) is 2. The number of carbonyl (C=O) groups is 2. The van der Waals surface area contributed by atoms with Gasteiger partial charge in [-0.3, -0.25) is 9.59 Å². The molecule has 1 atom stereocenters. The topological polar surface area (TPSA) is 82.9 Å². The maximum Gasteiger partial charge on any atom is 0.416 e. The Bertz CT molecular complexity index is 983. The van der Waals surface area contributed by atoms with Gasteiger partial charge in [-0.15, -0.1) is 5.10 Å². The van der Waals surface area contributed by atoms with E-state index in [2.05, 4.69) is 34.7 Å². The minimum atomic E-state index is -4.50. The van der Waals surface area contributed by atoms with E-state index in [0.29, 0.717) is 5.17 Å². The number of alkyl halides is 3. The summed E-state index contributed by atoms with van der Waals surface area (Å²) < 4.78 is 38.4. The van der Waals surface area contributed by atoms with Crippen LogP contribution in [0.15, 0.2) is 46.1 Å². The van der Waals surface area contributed by atoms with Gasteiger partial charge in [0.1, 0.15) is 5.25 Å². The summed E-state index contributed by atoms with van der Waals surface area (Å²) in [5.41, 5.74) is 1.28. The first-order valence-electron chi connectivity index (χ1n) is 9.68. The normalized spacial score (nSPS) is 23.6. The van der Waals surface area contributed by atoms with Crippen LogP contribution in [0.4, 0.5) is 18.9 Å². The highest BCUT2D eigenvalue weighted by Gasteiger charge is 2.33. The zero-order chi connectivity index (χ0) is 22.8. The predicted octanol–water partition coefficient (Wildman–Crippen LogP) is 4.74. The van der Waals surface area contributed by atoms with Gasteiger partial charge in [-0.1, -0.05) is 37.2 Å². The molecule has 2 N–H and O–H groups in total. The summed E-state index contributed by atoms with van der Waals surface area (Å²) in [5.74, 6) is -0.953. The van der Waals surface area contributed by atoms with E-state index in [1.165, 1.54) is 17.7 Å². The molecule has 1 aliphatic carbocycles. The Morgan fingerprint density at radius 1 is 1.29 bits per heavy atom. The minimum absolute atomic E-state index is 0.0191. The summed E-state index contributed by atoms with van der Waals surface area (Å²) >= 11 is 1.08. The Balaban J connectivity index is 1.61. The third kappa shape index (κ3) is 6.43. The number of amides is 2. The third-order valence-corrected chi connectivity index (χ3v) is 5.79. The number of rotatable bonds is 4. The highest BCUT2D eigenvalue weighted by Crippen LogP contribution is 2.34. The molecule has 3 rings (SSSR count). The van der Waals surface area contributed by atoms with E-state index >= 15 is 0 Å². The summed E-state index contributed by atoms with van der Waals surface area (Å²) in [4.78, 5) is 24.4. The van der Waals surface area contributed by atoms with Gasteiger partial charge in [-0.2, -0.15) is 18.3 Å². The molecule has 2 aliphatic rings. The molecule has 0 radical (unpaired) electrons. The van der Waals surface area contributed by atoms with E-state index in [0.717, 1.165) is 42.4 Å². The molecule has 31 heavy (non-hydrogen) atoms. The molecule has 1 heterocycles. The Hall–Kier alpha value is -2.62. The van der Waals surface area contributed by atoms with Crippen molar-refractivity contribution in [2.45, 2.75) is 51.5 Å². The Morgan fingerprint density at radius 3 is 2.71 bits per heavy atom. The molecule has 0 aromatic heterocycles. The van der Waals surface area contributed by atoms with Crippen LogP contribution in [-0.2, 0) is 15.8 Å². The first-order chi connectivity index (χ1) is 14.4. The quantitative estimate of drug-likeness (QED) is 0.647. The first-order valence-corrected chi connectivity index (χ1v) is 10.6. The molecule has 166 valence electrons. The average Bonchev–Trinajstić information content (AvgIpc) is 2.97. The van der Waals surface area contributed by atoms with Crippen molar-refractivity contribution >= 4 is 40.1 Å². The van der Waals surface area contributed by atoms with Crippen molar-refractivity contribution in [2.75, 3.05) is 5.32 Å². The molecule has 0 bridgehead atoms. The summed E-state index contributed by atoms with van der Waals surface area (Å²) in [6.45, 7) is 6.34. The molecule has 1 aromatic rings. The van der Waals surface area contributed by atoms with Gasteiger partial charge in [0.05, 0.1) is 11.3 Å². The number of anilines is 1. The zero-order valence-corrected chi connectivity index (χ0v) is 18.2. The van der Waals surface area contributed by atoms with Crippen LogP contribution in [0.5, 0.6) is 0 Å². The lowest BCUT2D eigenvalue weighted by atomic mass is 9.77. The molecular weight excluding hydrogens is 429 g/mol. The standard InChI is InChI=1S/C21H23F3N4O2S/c1-12-7-15(11-20(2,3)10-12)27-28-19-26-18(30)16(31-19)9-17(29)25-14-6-4-5-13(8-14)21(22,23)24/h4-8,16H,9-11H2,1-3H3,(H,25,29)(H,26,28,30)/t16-/m1/s1. The number of nitrogens with one attached hydrogen (secondary N) is 2. The summed E-state index contributed by atoms with van der Waals surface area (Å²) in [5, 5.41) is 12.9. The van der Waals surface area contributed by atoms with E-state index in [1.54, 1.807) is 0 Å². The zero-order valence-electron chi connectivity index (χ0n) is 17.3. The predicted molar refractivity (Wildman–Crippen MR) is 116 cm³/mol. The second-order valence-electron chi connectivity index (χ2n) is 8.43. The van der Waals surface area contributed by atoms with Gasteiger partial charge in [0.15, 0.2) is 5.17 Å². The molecular formula is C21H23F3N4O2S. The van der Waals surface area contributed by atoms with Gasteiger partial charge in [-0.25, -0.2) is 0 Å². The van der Waals surface area contributed by atoms with E-state index < -0.39 is 22.9 Å². The number of thioether (sulfide) groups is 1. The van der Waals surface area contributed by atoms with E-state index in [-0.39, 0.29) is 23.4 Å². The van der Waals surface area contributed by atoms with E-state index in [1.807, 2.05) is 13.0 Å². The van der Waals surface area contributed by atoms with Crippen molar-refractivity contribution in [3.05, 3.63) is 41.5 Å². The molecule has 2 amide bonds. The van der Waals surface area contributed by atoms with Crippen molar-refractivity contribution in [3.63, 3.8) is 0 Å². The van der Waals surface area contributed by atoms with Crippen LogP contribution in [0.2, 0.25) is 0 Å². The van der Waals surface area contributed by atoms with Crippen molar-refractivity contribution in [2.24, 2.45) is 15.6 Å². The summed E-state index contributed by atoms with van der Waals surface area (Å²) in [6.07, 6.45) is -0.971. The second kappa shape index (κ2) is 8.86. The van der Waals surface area contributed by atoms with Gasteiger partial charge in [-0.05, 0) is 49.5 Å². The van der Waals surface area contributed by atoms with Gasteiger partial charge in [0.25, 0.3) is 0 Å². The Labute approximate surface area is 182 Å². The fourth-order valence-electron chi connectivity index (χ4n) is 3.61. The summed E-state index contributed by atoms with van der Waals surface area (Å²) in [7, 11) is 0. The molecule has 1 fully saturated rings. The Kier molecular flexibility index (Phi) is 6.59. The van der Waals surface area contributed by atoms with Gasteiger partial charge < -0.3 is 10.6 Å². The number of amidine groups is 1. The van der Waals surface area contributed by atoms with Crippen LogP contribution < -0.4 is 10.6 Å². The molecule has 1 saturated heterocycles. The number of allylic oxidation sites excluding steroid dienone is 2. The number of halogens is 3. The largest absolute Gasteiger partial charge is 0.416 e. The first kappa shape index (κ1) is 23.1. The smallest absolute Gasteiger partial charge is 0.326 e. The molecule has 10 heteroatoms. The van der Waals surface area contributed by atoms with E-state index in [4.69, 9.17) is 0 Å². The molecule has 0 saturated carbocycles. The highest BCUT2D eigenvalue weighted by molar-refractivity contribution is 8.15. The average molecular weight is 453 g/mol. The Morgan fingerprint density at radius 2 is 2.03 bits per heavy atom. The number of hydrogen-bond acceptors (Lipinski definition) is 5. The molecule has 1 aromatic carbocycles. The van der Waals surface area contributed by atoms with Gasteiger partial charge in [0.2, 0.25) is 11.8 Å². The molecule has 1 aliphatic heterocycles. The van der Waals surface area contributed by atoms with Crippen molar-refractivity contribution in [1.29, 1.82) is 0 Å². The van der Waals surface area contributed by atoms with Crippen LogP contribution in [0, 0.1) is 5.41 Å².